The molecule has 2 amide bonds. The lowest BCUT2D eigenvalue weighted by molar-refractivity contribution is -0.00517. The summed E-state index contributed by atoms with van der Waals surface area (Å²) >= 11 is 0. The van der Waals surface area contributed by atoms with Gasteiger partial charge in [0.2, 0.25) is 0 Å². The molecule has 1 fully saturated rings. The van der Waals surface area contributed by atoms with Crippen LogP contribution in [0.4, 0.5) is 16.2 Å². The fourth-order valence-corrected chi connectivity index (χ4v) is 2.69. The minimum absolute atomic E-state index is 0.157. The molecule has 0 aliphatic carbocycles. The molecule has 1 heterocycles. The zero-order valence-corrected chi connectivity index (χ0v) is 13.9. The van der Waals surface area contributed by atoms with Gasteiger partial charge in [-0.05, 0) is 31.9 Å². The van der Waals surface area contributed by atoms with Gasteiger partial charge in [0.15, 0.2) is 0 Å². The average molecular weight is 305 g/mol. The van der Waals surface area contributed by atoms with E-state index in [2.05, 4.69) is 43.2 Å². The molecule has 2 unspecified atom stereocenters. The highest BCUT2D eigenvalue weighted by atomic mass is 16.5. The van der Waals surface area contributed by atoms with Gasteiger partial charge < -0.3 is 20.3 Å². The molecule has 1 saturated heterocycles. The van der Waals surface area contributed by atoms with E-state index in [4.69, 9.17) is 4.74 Å². The molecular weight excluding hydrogens is 278 g/mol. The lowest BCUT2D eigenvalue weighted by atomic mass is 10.1. The van der Waals surface area contributed by atoms with Crippen molar-refractivity contribution >= 4 is 17.4 Å². The van der Waals surface area contributed by atoms with Crippen molar-refractivity contribution in [1.29, 1.82) is 0 Å². The number of morpholine rings is 1. The van der Waals surface area contributed by atoms with E-state index in [0.717, 1.165) is 24.5 Å². The molecule has 1 aromatic carbocycles. The van der Waals surface area contributed by atoms with E-state index in [-0.39, 0.29) is 18.2 Å². The minimum atomic E-state index is -0.157. The predicted octanol–water partition coefficient (Wildman–Crippen LogP) is 3.08. The van der Waals surface area contributed by atoms with E-state index in [1.54, 1.807) is 0 Å². The van der Waals surface area contributed by atoms with Crippen LogP contribution in [0.25, 0.3) is 0 Å². The first-order valence-electron chi connectivity index (χ1n) is 8.00. The molecule has 1 aliphatic rings. The van der Waals surface area contributed by atoms with Crippen molar-refractivity contribution in [3.8, 4) is 0 Å². The number of anilines is 2. The number of carbonyl (C=O) groups is 1. The number of ether oxygens (including phenoxy) is 1. The molecule has 0 saturated carbocycles. The summed E-state index contributed by atoms with van der Waals surface area (Å²) in [6.45, 7) is 10.6. The molecule has 5 nitrogen and oxygen atoms in total. The normalized spacial score (nSPS) is 21.8. The topological polar surface area (TPSA) is 53.6 Å². The van der Waals surface area contributed by atoms with Gasteiger partial charge in [0.05, 0.1) is 23.6 Å². The van der Waals surface area contributed by atoms with E-state index in [9.17, 15) is 4.79 Å². The number of rotatable bonds is 4. The van der Waals surface area contributed by atoms with Gasteiger partial charge in [0, 0.05) is 19.6 Å². The van der Waals surface area contributed by atoms with E-state index < -0.39 is 0 Å². The van der Waals surface area contributed by atoms with Crippen molar-refractivity contribution in [2.75, 3.05) is 29.9 Å². The summed E-state index contributed by atoms with van der Waals surface area (Å²) in [7, 11) is 0. The Kier molecular flexibility index (Phi) is 5.66. The van der Waals surface area contributed by atoms with Crippen LogP contribution >= 0.6 is 0 Å². The van der Waals surface area contributed by atoms with Gasteiger partial charge in [-0.25, -0.2) is 4.79 Å². The first kappa shape index (κ1) is 16.6. The summed E-state index contributed by atoms with van der Waals surface area (Å²) < 4.78 is 5.78. The van der Waals surface area contributed by atoms with Gasteiger partial charge in [-0.1, -0.05) is 26.0 Å². The zero-order chi connectivity index (χ0) is 16.1. The van der Waals surface area contributed by atoms with Crippen molar-refractivity contribution < 1.29 is 9.53 Å². The smallest absolute Gasteiger partial charge is 0.319 e. The minimum Gasteiger partial charge on any atom is -0.372 e. The Morgan fingerprint density at radius 2 is 1.91 bits per heavy atom. The van der Waals surface area contributed by atoms with Crippen molar-refractivity contribution in [1.82, 2.24) is 5.32 Å². The summed E-state index contributed by atoms with van der Waals surface area (Å²) in [6, 6.07) is 7.76. The molecule has 2 atom stereocenters. The maximum atomic E-state index is 12.0. The van der Waals surface area contributed by atoms with Gasteiger partial charge in [-0.2, -0.15) is 0 Å². The van der Waals surface area contributed by atoms with Crippen molar-refractivity contribution in [2.24, 2.45) is 5.92 Å². The first-order chi connectivity index (χ1) is 10.5. The van der Waals surface area contributed by atoms with Crippen LogP contribution in [0.1, 0.15) is 27.7 Å². The Balaban J connectivity index is 2.08. The van der Waals surface area contributed by atoms with Gasteiger partial charge in [0.25, 0.3) is 0 Å². The number of hydrogen-bond donors (Lipinski definition) is 2. The number of amides is 2. The lowest BCUT2D eigenvalue weighted by Gasteiger charge is -2.37. The Morgan fingerprint density at radius 1 is 1.27 bits per heavy atom. The maximum absolute atomic E-state index is 12.0. The first-order valence-corrected chi connectivity index (χ1v) is 8.00. The molecule has 0 bridgehead atoms. The molecule has 1 aromatic rings. The standard InChI is InChI=1S/C17H27N3O2/c1-12(2)9-18-17(21)19-15-7-5-6-8-16(15)20-10-13(3)22-14(4)11-20/h5-8,12-14H,9-11H2,1-4H3,(H2,18,19,21). The van der Waals surface area contributed by atoms with Crippen LogP contribution in [0.3, 0.4) is 0 Å². The fraction of sp³-hybridized carbons (Fsp3) is 0.588. The Morgan fingerprint density at radius 3 is 2.55 bits per heavy atom. The van der Waals surface area contributed by atoms with Crippen LogP contribution in [-0.4, -0.2) is 37.9 Å². The summed E-state index contributed by atoms with van der Waals surface area (Å²) in [4.78, 5) is 14.3. The second-order valence-corrected chi connectivity index (χ2v) is 6.41. The zero-order valence-electron chi connectivity index (χ0n) is 13.9. The van der Waals surface area contributed by atoms with Crippen LogP contribution in [0.5, 0.6) is 0 Å². The van der Waals surface area contributed by atoms with E-state index in [1.165, 1.54) is 0 Å². The predicted molar refractivity (Wildman–Crippen MR) is 90.5 cm³/mol. The number of benzene rings is 1. The van der Waals surface area contributed by atoms with E-state index in [0.29, 0.717) is 12.5 Å². The van der Waals surface area contributed by atoms with Gasteiger partial charge in [-0.15, -0.1) is 0 Å². The van der Waals surface area contributed by atoms with Crippen molar-refractivity contribution in [2.45, 2.75) is 39.9 Å². The van der Waals surface area contributed by atoms with Crippen molar-refractivity contribution in [3.05, 3.63) is 24.3 Å². The maximum Gasteiger partial charge on any atom is 0.319 e. The molecule has 2 rings (SSSR count). The Hall–Kier alpha value is -1.75. The number of hydrogen-bond acceptors (Lipinski definition) is 3. The lowest BCUT2D eigenvalue weighted by Crippen LogP contribution is -2.45. The van der Waals surface area contributed by atoms with Crippen molar-refractivity contribution in [3.63, 3.8) is 0 Å². The molecule has 0 spiro atoms. The molecule has 5 heteroatoms. The van der Waals surface area contributed by atoms with Crippen LogP contribution in [0, 0.1) is 5.92 Å². The largest absolute Gasteiger partial charge is 0.372 e. The van der Waals surface area contributed by atoms with Gasteiger partial charge in [-0.3, -0.25) is 0 Å². The molecule has 0 radical (unpaired) electrons. The summed E-state index contributed by atoms with van der Waals surface area (Å²) in [5.74, 6) is 0.432. The second-order valence-electron chi connectivity index (χ2n) is 6.41. The van der Waals surface area contributed by atoms with Crippen LogP contribution in [0.15, 0.2) is 24.3 Å². The number of nitrogens with zero attached hydrogens (tertiary/aromatic N) is 1. The van der Waals surface area contributed by atoms with E-state index in [1.807, 2.05) is 24.3 Å². The van der Waals surface area contributed by atoms with Crippen LogP contribution in [0.2, 0.25) is 0 Å². The highest BCUT2D eigenvalue weighted by Crippen LogP contribution is 2.28. The summed E-state index contributed by atoms with van der Waals surface area (Å²) in [5, 5.41) is 5.85. The highest BCUT2D eigenvalue weighted by Gasteiger charge is 2.24. The number of carbonyl (C=O) groups excluding carboxylic acids is 1. The Labute approximate surface area is 133 Å². The molecule has 0 aromatic heterocycles. The monoisotopic (exact) mass is 305 g/mol. The fourth-order valence-electron chi connectivity index (χ4n) is 2.69. The molecule has 122 valence electrons. The second kappa shape index (κ2) is 7.49. The molecule has 1 aliphatic heterocycles. The molecule has 22 heavy (non-hydrogen) atoms. The van der Waals surface area contributed by atoms with Crippen LogP contribution < -0.4 is 15.5 Å². The summed E-state index contributed by atoms with van der Waals surface area (Å²) in [5.41, 5.74) is 1.88. The number of para-hydroxylation sites is 2. The molecule has 2 N–H and O–H groups in total. The SMILES string of the molecule is CC(C)CNC(=O)Nc1ccccc1N1CC(C)OC(C)C1. The quantitative estimate of drug-likeness (QED) is 0.899. The third kappa shape index (κ3) is 4.63. The average Bonchev–Trinajstić information content (AvgIpc) is 2.44. The third-order valence-electron chi connectivity index (χ3n) is 3.58. The van der Waals surface area contributed by atoms with E-state index >= 15 is 0 Å². The van der Waals surface area contributed by atoms with Gasteiger partial charge in [0.1, 0.15) is 0 Å². The number of urea groups is 1. The third-order valence-corrected chi connectivity index (χ3v) is 3.58. The Bertz CT molecular complexity index is 494. The van der Waals surface area contributed by atoms with Gasteiger partial charge >= 0.3 is 6.03 Å². The summed E-state index contributed by atoms with van der Waals surface area (Å²) in [6.07, 6.45) is 0.373. The highest BCUT2D eigenvalue weighted by molar-refractivity contribution is 5.93. The number of nitrogens with one attached hydrogen (secondary N) is 2. The molecular formula is C17H27N3O2. The van der Waals surface area contributed by atoms with Crippen LogP contribution in [-0.2, 0) is 4.74 Å².